The third kappa shape index (κ3) is 43.2. The van der Waals surface area contributed by atoms with Crippen LogP contribution in [-0.4, -0.2) is 47.4 Å². The number of allylic oxidation sites excluding steroid dienone is 7. The average Bonchev–Trinajstić information content (AvgIpc) is 3.21. The van der Waals surface area contributed by atoms with E-state index in [1.807, 2.05) is 6.08 Å². The Labute approximate surface area is 353 Å². The molecular weight excluding hydrogens is 707 g/mol. The molecule has 0 aromatic rings. The van der Waals surface area contributed by atoms with Crippen molar-refractivity contribution in [3.8, 4) is 0 Å². The van der Waals surface area contributed by atoms with Gasteiger partial charge in [-0.05, 0) is 96.3 Å². The summed E-state index contributed by atoms with van der Waals surface area (Å²) in [5.74, 6) is -0.115. The summed E-state index contributed by atoms with van der Waals surface area (Å²) in [6.45, 7) is 4.80. The maximum atomic E-state index is 12.4. The van der Waals surface area contributed by atoms with Gasteiger partial charge < -0.3 is 20.3 Å². The van der Waals surface area contributed by atoms with Crippen molar-refractivity contribution in [2.45, 2.75) is 251 Å². The van der Waals surface area contributed by atoms with Gasteiger partial charge in [0.05, 0.1) is 25.4 Å². The van der Waals surface area contributed by atoms with Crippen LogP contribution in [-0.2, 0) is 14.3 Å². The number of aliphatic hydroxyl groups excluding tert-OH is 2. The van der Waals surface area contributed by atoms with Gasteiger partial charge in [0.25, 0.3) is 0 Å². The molecule has 0 aromatic heterocycles. The van der Waals surface area contributed by atoms with Crippen LogP contribution in [0.5, 0.6) is 0 Å². The second kappa shape index (κ2) is 46.5. The van der Waals surface area contributed by atoms with Gasteiger partial charge >= 0.3 is 5.97 Å². The zero-order chi connectivity index (χ0) is 41.5. The molecular formula is C51H93NO5. The Bertz CT molecular complexity index is 973. The van der Waals surface area contributed by atoms with E-state index in [1.54, 1.807) is 6.08 Å². The monoisotopic (exact) mass is 800 g/mol. The minimum absolute atomic E-state index is 0.0271. The minimum atomic E-state index is -0.853. The van der Waals surface area contributed by atoms with Gasteiger partial charge in [0, 0.05) is 12.8 Å². The van der Waals surface area contributed by atoms with Crippen molar-refractivity contribution in [1.82, 2.24) is 5.32 Å². The van der Waals surface area contributed by atoms with Crippen molar-refractivity contribution in [3.05, 3.63) is 48.6 Å². The van der Waals surface area contributed by atoms with Gasteiger partial charge in [-0.2, -0.15) is 0 Å². The van der Waals surface area contributed by atoms with E-state index in [2.05, 4.69) is 55.6 Å². The first kappa shape index (κ1) is 54.8. The highest BCUT2D eigenvalue weighted by atomic mass is 16.5. The van der Waals surface area contributed by atoms with Crippen LogP contribution in [0.25, 0.3) is 0 Å². The fraction of sp³-hybridized carbons (Fsp3) is 0.804. The molecule has 0 aliphatic rings. The molecule has 0 bridgehead atoms. The average molecular weight is 800 g/mol. The lowest BCUT2D eigenvalue weighted by Crippen LogP contribution is -2.45. The largest absolute Gasteiger partial charge is 0.466 e. The number of amides is 1. The highest BCUT2D eigenvalue weighted by molar-refractivity contribution is 5.76. The Morgan fingerprint density at radius 2 is 0.877 bits per heavy atom. The Morgan fingerprint density at radius 1 is 0.491 bits per heavy atom. The smallest absolute Gasteiger partial charge is 0.305 e. The van der Waals surface area contributed by atoms with Gasteiger partial charge in [-0.3, -0.25) is 9.59 Å². The first-order valence-electron chi connectivity index (χ1n) is 24.4. The Morgan fingerprint density at radius 3 is 1.37 bits per heavy atom. The summed E-state index contributed by atoms with van der Waals surface area (Å²) < 4.78 is 5.43. The van der Waals surface area contributed by atoms with Gasteiger partial charge in [0.15, 0.2) is 0 Å². The van der Waals surface area contributed by atoms with Crippen molar-refractivity contribution >= 4 is 11.9 Å². The molecule has 0 aromatic carbocycles. The van der Waals surface area contributed by atoms with Gasteiger partial charge in [-0.1, -0.05) is 178 Å². The summed E-state index contributed by atoms with van der Waals surface area (Å²) in [6.07, 6.45) is 56.8. The van der Waals surface area contributed by atoms with Crippen LogP contribution in [0.15, 0.2) is 48.6 Å². The lowest BCUT2D eigenvalue weighted by molar-refractivity contribution is -0.143. The van der Waals surface area contributed by atoms with Crippen molar-refractivity contribution in [2.24, 2.45) is 0 Å². The van der Waals surface area contributed by atoms with E-state index in [0.29, 0.717) is 19.4 Å². The van der Waals surface area contributed by atoms with E-state index in [1.165, 1.54) is 128 Å². The van der Waals surface area contributed by atoms with E-state index in [9.17, 15) is 19.8 Å². The molecule has 0 saturated carbocycles. The second-order valence-electron chi connectivity index (χ2n) is 16.4. The normalized spacial score (nSPS) is 13.1. The first-order valence-corrected chi connectivity index (χ1v) is 24.4. The van der Waals surface area contributed by atoms with Crippen LogP contribution in [0.4, 0.5) is 0 Å². The molecule has 0 aliphatic heterocycles. The van der Waals surface area contributed by atoms with E-state index in [0.717, 1.165) is 83.5 Å². The molecule has 6 heteroatoms. The molecule has 2 unspecified atom stereocenters. The van der Waals surface area contributed by atoms with Crippen LogP contribution in [0.1, 0.15) is 239 Å². The number of carbonyl (C=O) groups excluding carboxylic acids is 2. The Kier molecular flexibility index (Phi) is 44.7. The first-order chi connectivity index (χ1) is 28.0. The summed E-state index contributed by atoms with van der Waals surface area (Å²) in [7, 11) is 0. The molecule has 0 radical (unpaired) electrons. The summed E-state index contributed by atoms with van der Waals surface area (Å²) in [4.78, 5) is 24.3. The molecule has 0 saturated heterocycles. The Hall–Kier alpha value is -2.18. The standard InChI is InChI=1S/C51H93NO5/c1-3-5-7-9-11-13-15-21-25-29-33-37-41-45-51(56)57-46-42-38-34-30-26-23-20-18-16-17-19-22-24-28-32-36-40-44-50(55)52-48(47-53)49(54)43-39-35-31-27-14-12-10-8-6-4-2/h13,15-16,18,23,26,39,43,48-49,53-54H,3-12,14,17,19-22,24-25,27-38,40-42,44-47H2,1-2H3,(H,52,55)/b15-13-,18-16-,26-23-,43-39+. The molecule has 332 valence electrons. The lowest BCUT2D eigenvalue weighted by Gasteiger charge is -2.20. The fourth-order valence-electron chi connectivity index (χ4n) is 7.01. The van der Waals surface area contributed by atoms with E-state index in [4.69, 9.17) is 4.74 Å². The third-order valence-electron chi connectivity index (χ3n) is 10.8. The molecule has 0 aliphatic carbocycles. The molecule has 0 rings (SSSR count). The molecule has 6 nitrogen and oxygen atoms in total. The predicted molar refractivity (Wildman–Crippen MR) is 245 cm³/mol. The minimum Gasteiger partial charge on any atom is -0.466 e. The van der Waals surface area contributed by atoms with E-state index >= 15 is 0 Å². The number of esters is 1. The van der Waals surface area contributed by atoms with Crippen molar-refractivity contribution in [3.63, 3.8) is 0 Å². The number of ether oxygens (including phenoxy) is 1. The van der Waals surface area contributed by atoms with E-state index < -0.39 is 12.1 Å². The van der Waals surface area contributed by atoms with Crippen LogP contribution in [0.2, 0.25) is 0 Å². The molecule has 0 heterocycles. The van der Waals surface area contributed by atoms with Crippen LogP contribution in [0.3, 0.4) is 0 Å². The Balaban J connectivity index is 3.54. The second-order valence-corrected chi connectivity index (χ2v) is 16.4. The van der Waals surface area contributed by atoms with Crippen LogP contribution in [0, 0.1) is 0 Å². The lowest BCUT2D eigenvalue weighted by atomic mass is 10.1. The fourth-order valence-corrected chi connectivity index (χ4v) is 7.01. The van der Waals surface area contributed by atoms with Crippen molar-refractivity contribution in [1.29, 1.82) is 0 Å². The molecule has 0 spiro atoms. The highest BCUT2D eigenvalue weighted by Crippen LogP contribution is 2.13. The molecule has 57 heavy (non-hydrogen) atoms. The molecule has 3 N–H and O–H groups in total. The third-order valence-corrected chi connectivity index (χ3v) is 10.8. The number of rotatable bonds is 44. The number of nitrogens with one attached hydrogen (secondary N) is 1. The number of aliphatic hydroxyl groups is 2. The number of hydrogen-bond acceptors (Lipinski definition) is 5. The van der Waals surface area contributed by atoms with Gasteiger partial charge in [0.1, 0.15) is 0 Å². The maximum Gasteiger partial charge on any atom is 0.305 e. The molecule has 2 atom stereocenters. The van der Waals surface area contributed by atoms with Crippen LogP contribution >= 0.6 is 0 Å². The molecule has 0 fully saturated rings. The predicted octanol–water partition coefficient (Wildman–Crippen LogP) is 14.3. The highest BCUT2D eigenvalue weighted by Gasteiger charge is 2.18. The van der Waals surface area contributed by atoms with Gasteiger partial charge in [0.2, 0.25) is 5.91 Å². The summed E-state index contributed by atoms with van der Waals surface area (Å²) in [5, 5.41) is 22.9. The number of carbonyl (C=O) groups is 2. The van der Waals surface area contributed by atoms with Crippen molar-refractivity contribution in [2.75, 3.05) is 13.2 Å². The number of hydrogen-bond donors (Lipinski definition) is 3. The number of unbranched alkanes of at least 4 members (excludes halogenated alkanes) is 27. The quantitative estimate of drug-likeness (QED) is 0.0324. The van der Waals surface area contributed by atoms with E-state index in [-0.39, 0.29) is 18.5 Å². The topological polar surface area (TPSA) is 95.9 Å². The summed E-state index contributed by atoms with van der Waals surface area (Å²) in [6, 6.07) is -0.639. The van der Waals surface area contributed by atoms with Crippen molar-refractivity contribution < 1.29 is 24.5 Å². The summed E-state index contributed by atoms with van der Waals surface area (Å²) in [5.41, 5.74) is 0. The van der Waals surface area contributed by atoms with Gasteiger partial charge in [-0.15, -0.1) is 0 Å². The SMILES string of the molecule is CCCCCC/C=C\CCCCCCCC(=O)OCCCCC/C=C\C/C=C\CCCCCCCCCC(=O)NC(CO)C(O)/C=C/CCCCCCCCCC. The zero-order valence-electron chi connectivity index (χ0n) is 37.6. The van der Waals surface area contributed by atoms with Gasteiger partial charge in [-0.25, -0.2) is 0 Å². The maximum absolute atomic E-state index is 12.4. The zero-order valence-corrected chi connectivity index (χ0v) is 37.6. The summed E-state index contributed by atoms with van der Waals surface area (Å²) >= 11 is 0. The molecule has 1 amide bonds. The van der Waals surface area contributed by atoms with Crippen LogP contribution < -0.4 is 5.32 Å².